The van der Waals surface area contributed by atoms with Crippen molar-refractivity contribution >= 4 is 12.0 Å². The zero-order valence-electron chi connectivity index (χ0n) is 13.5. The summed E-state index contributed by atoms with van der Waals surface area (Å²) in [6, 6.07) is 5.62. The van der Waals surface area contributed by atoms with Crippen molar-refractivity contribution in [3.8, 4) is 0 Å². The third kappa shape index (κ3) is 5.47. The Morgan fingerprint density at radius 2 is 2.18 bits per heavy atom. The van der Waals surface area contributed by atoms with Gasteiger partial charge < -0.3 is 14.6 Å². The molecule has 1 unspecified atom stereocenters. The Bertz CT molecular complexity index is 546. The van der Waals surface area contributed by atoms with Crippen LogP contribution < -0.4 is 0 Å². The highest BCUT2D eigenvalue weighted by Crippen LogP contribution is 2.18. The van der Waals surface area contributed by atoms with Crippen LogP contribution in [0.3, 0.4) is 0 Å². The SMILES string of the molecule is C=C(C)C(O)COC(=O)c1c(C)cccc1/C=C/CCOC. The average molecular weight is 304 g/mol. The molecule has 0 aliphatic heterocycles. The Morgan fingerprint density at radius 3 is 2.82 bits per heavy atom. The zero-order valence-corrected chi connectivity index (χ0v) is 13.5. The lowest BCUT2D eigenvalue weighted by atomic mass is 10.0. The lowest BCUT2D eigenvalue weighted by Gasteiger charge is -2.13. The number of ether oxygens (including phenoxy) is 2. The summed E-state index contributed by atoms with van der Waals surface area (Å²) in [5, 5.41) is 9.66. The van der Waals surface area contributed by atoms with Gasteiger partial charge in [0.25, 0.3) is 0 Å². The Morgan fingerprint density at radius 1 is 1.45 bits per heavy atom. The number of esters is 1. The van der Waals surface area contributed by atoms with Crippen molar-refractivity contribution in [2.24, 2.45) is 0 Å². The molecule has 120 valence electrons. The topological polar surface area (TPSA) is 55.8 Å². The van der Waals surface area contributed by atoms with Crippen LogP contribution in [0.1, 0.15) is 34.8 Å². The number of carbonyl (C=O) groups excluding carboxylic acids is 1. The number of aliphatic hydroxyl groups is 1. The molecule has 0 amide bonds. The van der Waals surface area contributed by atoms with Crippen LogP contribution >= 0.6 is 0 Å². The molecule has 4 nitrogen and oxygen atoms in total. The highest BCUT2D eigenvalue weighted by Gasteiger charge is 2.16. The number of hydrogen-bond acceptors (Lipinski definition) is 4. The van der Waals surface area contributed by atoms with Gasteiger partial charge in [0.2, 0.25) is 0 Å². The molecule has 1 aromatic rings. The van der Waals surface area contributed by atoms with Crippen LogP contribution in [0.2, 0.25) is 0 Å². The standard InChI is InChI=1S/C18H24O4/c1-13(2)16(19)12-22-18(20)17-14(3)8-7-10-15(17)9-5-6-11-21-4/h5,7-10,16,19H,1,6,11-12H2,2-4H3/b9-5+. The molecule has 1 N–H and O–H groups in total. The monoisotopic (exact) mass is 304 g/mol. The molecule has 22 heavy (non-hydrogen) atoms. The van der Waals surface area contributed by atoms with E-state index < -0.39 is 12.1 Å². The predicted molar refractivity (Wildman–Crippen MR) is 87.8 cm³/mol. The first-order valence-electron chi connectivity index (χ1n) is 7.23. The van der Waals surface area contributed by atoms with Crippen molar-refractivity contribution in [3.05, 3.63) is 53.1 Å². The summed E-state index contributed by atoms with van der Waals surface area (Å²) >= 11 is 0. The van der Waals surface area contributed by atoms with Gasteiger partial charge in [-0.15, -0.1) is 0 Å². The molecule has 0 radical (unpaired) electrons. The first kappa shape index (κ1) is 18.1. The quantitative estimate of drug-likeness (QED) is 0.455. The summed E-state index contributed by atoms with van der Waals surface area (Å²) in [7, 11) is 1.65. The van der Waals surface area contributed by atoms with E-state index in [1.165, 1.54) is 0 Å². The predicted octanol–water partition coefficient (Wildman–Crippen LogP) is 3.14. The molecule has 0 heterocycles. The van der Waals surface area contributed by atoms with Crippen LogP contribution in [-0.4, -0.2) is 37.5 Å². The van der Waals surface area contributed by atoms with Gasteiger partial charge in [-0.2, -0.15) is 0 Å². The largest absolute Gasteiger partial charge is 0.459 e. The number of hydrogen-bond donors (Lipinski definition) is 1. The fraction of sp³-hybridized carbons (Fsp3) is 0.389. The Kier molecular flexibility index (Phi) is 7.57. The molecule has 1 aromatic carbocycles. The number of methoxy groups -OCH3 is 1. The maximum absolute atomic E-state index is 12.3. The van der Waals surface area contributed by atoms with Crippen LogP contribution in [0.15, 0.2) is 36.4 Å². The zero-order chi connectivity index (χ0) is 16.5. The van der Waals surface area contributed by atoms with Crippen molar-refractivity contribution in [2.45, 2.75) is 26.4 Å². The minimum Gasteiger partial charge on any atom is -0.459 e. The molecule has 1 rings (SSSR count). The minimum absolute atomic E-state index is 0.0880. The smallest absolute Gasteiger partial charge is 0.339 e. The molecule has 4 heteroatoms. The van der Waals surface area contributed by atoms with Gasteiger partial charge in [0, 0.05) is 13.7 Å². The van der Waals surface area contributed by atoms with Gasteiger partial charge in [-0.1, -0.05) is 36.9 Å². The van der Waals surface area contributed by atoms with Gasteiger partial charge in [-0.25, -0.2) is 4.79 Å². The summed E-state index contributed by atoms with van der Waals surface area (Å²) in [6.45, 7) is 7.73. The highest BCUT2D eigenvalue weighted by atomic mass is 16.5. The molecule has 0 saturated carbocycles. The molecule has 1 atom stereocenters. The first-order chi connectivity index (χ1) is 10.5. The highest BCUT2D eigenvalue weighted by molar-refractivity contribution is 5.95. The molecular weight excluding hydrogens is 280 g/mol. The second-order valence-corrected chi connectivity index (χ2v) is 5.18. The van der Waals surface area contributed by atoms with Crippen LogP contribution in [-0.2, 0) is 9.47 Å². The number of aliphatic hydroxyl groups excluding tert-OH is 1. The molecule has 0 spiro atoms. The number of aryl methyl sites for hydroxylation is 1. The van der Waals surface area contributed by atoms with Crippen molar-refractivity contribution < 1.29 is 19.4 Å². The molecule has 0 aliphatic rings. The number of rotatable bonds is 8. The summed E-state index contributed by atoms with van der Waals surface area (Å²) < 4.78 is 10.2. The lowest BCUT2D eigenvalue weighted by Crippen LogP contribution is -2.20. The second kappa shape index (κ2) is 9.18. The molecule has 0 aliphatic carbocycles. The first-order valence-corrected chi connectivity index (χ1v) is 7.23. The summed E-state index contributed by atoms with van der Waals surface area (Å²) in [4.78, 5) is 12.3. The fourth-order valence-electron chi connectivity index (χ4n) is 1.87. The second-order valence-electron chi connectivity index (χ2n) is 5.18. The molecular formula is C18H24O4. The molecule has 0 bridgehead atoms. The Labute approximate surface area is 132 Å². The molecule has 0 fully saturated rings. The van der Waals surface area contributed by atoms with E-state index in [4.69, 9.17) is 9.47 Å². The number of benzene rings is 1. The third-order valence-electron chi connectivity index (χ3n) is 3.24. The van der Waals surface area contributed by atoms with E-state index in [0.717, 1.165) is 17.5 Å². The fourth-order valence-corrected chi connectivity index (χ4v) is 1.87. The van der Waals surface area contributed by atoms with Gasteiger partial charge in [0.15, 0.2) is 0 Å². The van der Waals surface area contributed by atoms with E-state index >= 15 is 0 Å². The van der Waals surface area contributed by atoms with Crippen LogP contribution in [0.5, 0.6) is 0 Å². The van der Waals surface area contributed by atoms with Crippen LogP contribution in [0.4, 0.5) is 0 Å². The van der Waals surface area contributed by atoms with Crippen molar-refractivity contribution in [1.29, 1.82) is 0 Å². The van der Waals surface area contributed by atoms with Gasteiger partial charge in [-0.3, -0.25) is 0 Å². The van der Waals surface area contributed by atoms with E-state index in [-0.39, 0.29) is 6.61 Å². The van der Waals surface area contributed by atoms with Crippen molar-refractivity contribution in [3.63, 3.8) is 0 Å². The van der Waals surface area contributed by atoms with E-state index in [1.807, 2.05) is 37.3 Å². The summed E-state index contributed by atoms with van der Waals surface area (Å²) in [5.74, 6) is -0.440. The average Bonchev–Trinajstić information content (AvgIpc) is 2.48. The molecule has 0 saturated heterocycles. The third-order valence-corrected chi connectivity index (χ3v) is 3.24. The van der Waals surface area contributed by atoms with E-state index in [1.54, 1.807) is 14.0 Å². The van der Waals surface area contributed by atoms with Gasteiger partial charge in [0.05, 0.1) is 5.56 Å². The van der Waals surface area contributed by atoms with Gasteiger partial charge in [0.1, 0.15) is 12.7 Å². The Hall–Kier alpha value is -1.91. The maximum atomic E-state index is 12.3. The normalized spacial score (nSPS) is 12.4. The minimum atomic E-state index is -0.839. The van der Waals surface area contributed by atoms with E-state index in [9.17, 15) is 9.90 Å². The Balaban J connectivity index is 2.85. The maximum Gasteiger partial charge on any atom is 0.339 e. The van der Waals surface area contributed by atoms with Gasteiger partial charge >= 0.3 is 5.97 Å². The lowest BCUT2D eigenvalue weighted by molar-refractivity contribution is 0.0327. The summed E-state index contributed by atoms with van der Waals surface area (Å²) in [5.41, 5.74) is 2.72. The number of carbonyl (C=O) groups is 1. The van der Waals surface area contributed by atoms with Crippen molar-refractivity contribution in [2.75, 3.05) is 20.3 Å². The van der Waals surface area contributed by atoms with E-state index in [0.29, 0.717) is 17.7 Å². The summed E-state index contributed by atoms with van der Waals surface area (Å²) in [6.07, 6.45) is 3.77. The van der Waals surface area contributed by atoms with E-state index in [2.05, 4.69) is 6.58 Å². The molecule has 0 aromatic heterocycles. The van der Waals surface area contributed by atoms with Crippen molar-refractivity contribution in [1.82, 2.24) is 0 Å². The van der Waals surface area contributed by atoms with Crippen LogP contribution in [0, 0.1) is 6.92 Å². The van der Waals surface area contributed by atoms with Crippen LogP contribution in [0.25, 0.3) is 6.08 Å². The van der Waals surface area contributed by atoms with Gasteiger partial charge in [-0.05, 0) is 37.0 Å².